The van der Waals surface area contributed by atoms with Crippen molar-refractivity contribution in [2.75, 3.05) is 6.26 Å². The predicted octanol–water partition coefficient (Wildman–Crippen LogP) is 0.206. The molecule has 4 rings (SSSR count). The van der Waals surface area contributed by atoms with Gasteiger partial charge in [0.1, 0.15) is 16.9 Å². The van der Waals surface area contributed by atoms with Crippen molar-refractivity contribution >= 4 is 43.5 Å². The molecule has 9 nitrogen and oxygen atoms in total. The Hall–Kier alpha value is -2.24. The van der Waals surface area contributed by atoms with Gasteiger partial charge in [0.25, 0.3) is 0 Å². The molecule has 2 aromatic rings. The van der Waals surface area contributed by atoms with Crippen LogP contribution in [0.15, 0.2) is 22.4 Å². The third-order valence-corrected chi connectivity index (χ3v) is 6.91. The van der Waals surface area contributed by atoms with E-state index in [2.05, 4.69) is 4.98 Å². The molecule has 1 amide bonds. The number of aromatic nitrogens is 2. The van der Waals surface area contributed by atoms with Crippen molar-refractivity contribution in [1.82, 2.24) is 14.3 Å². The number of aliphatic hydroxyl groups is 1. The maximum absolute atomic E-state index is 12.3. The van der Waals surface area contributed by atoms with Gasteiger partial charge in [-0.15, -0.1) is 11.3 Å². The van der Waals surface area contributed by atoms with Crippen LogP contribution in [-0.2, 0) is 19.4 Å². The van der Waals surface area contributed by atoms with Gasteiger partial charge in [-0.2, -0.15) is 0 Å². The molecule has 0 unspecified atom stereocenters. The number of sulfone groups is 1. The Morgan fingerprint density at radius 3 is 2.73 bits per heavy atom. The highest BCUT2D eigenvalue weighted by atomic mass is 32.2. The van der Waals surface area contributed by atoms with E-state index < -0.39 is 39.8 Å². The van der Waals surface area contributed by atoms with Crippen molar-refractivity contribution in [2.45, 2.75) is 30.5 Å². The fourth-order valence-electron chi connectivity index (χ4n) is 3.74. The Labute approximate surface area is 152 Å². The number of carboxylic acids is 1. The summed E-state index contributed by atoms with van der Waals surface area (Å²) in [7, 11) is -3.52. The first-order valence-corrected chi connectivity index (χ1v) is 10.5. The van der Waals surface area contributed by atoms with Crippen molar-refractivity contribution in [1.29, 1.82) is 0 Å². The zero-order valence-corrected chi connectivity index (χ0v) is 15.4. The number of carboxylic acid groups (broad SMARTS) is 1. The topological polar surface area (TPSA) is 129 Å². The second kappa shape index (κ2) is 5.38. The SMILES string of the molecule is C[C@@H](O)[C@H]1C(=O)N2C(C(=O)O)=C(c3csc4c(S(C)(=O)=O)ncn34)C[C@H]12. The van der Waals surface area contributed by atoms with Gasteiger partial charge in [0.15, 0.2) is 14.9 Å². The van der Waals surface area contributed by atoms with Crippen LogP contribution in [0.1, 0.15) is 19.0 Å². The lowest BCUT2D eigenvalue weighted by Crippen LogP contribution is -2.61. The van der Waals surface area contributed by atoms with E-state index in [1.165, 1.54) is 22.6 Å². The van der Waals surface area contributed by atoms with E-state index in [-0.39, 0.29) is 17.1 Å². The lowest BCUT2D eigenvalue weighted by molar-refractivity contribution is -0.161. The Morgan fingerprint density at radius 1 is 1.46 bits per heavy atom. The molecule has 2 aromatic heterocycles. The molecule has 0 bridgehead atoms. The molecule has 4 heterocycles. The molecule has 0 aliphatic carbocycles. The predicted molar refractivity (Wildman–Crippen MR) is 91.2 cm³/mol. The first-order valence-electron chi connectivity index (χ1n) is 7.75. The molecule has 1 fully saturated rings. The van der Waals surface area contributed by atoms with Crippen molar-refractivity contribution in [3.8, 4) is 0 Å². The molecular weight excluding hydrogens is 382 g/mol. The van der Waals surface area contributed by atoms with Gasteiger partial charge in [-0.05, 0) is 13.3 Å². The average molecular weight is 397 g/mol. The average Bonchev–Trinajstić information content (AvgIpc) is 3.15. The number of amides is 1. The Bertz CT molecular complexity index is 1090. The van der Waals surface area contributed by atoms with E-state index in [1.54, 1.807) is 5.38 Å². The Balaban J connectivity index is 1.86. The summed E-state index contributed by atoms with van der Waals surface area (Å²) in [6.07, 6.45) is 1.81. The lowest BCUT2D eigenvalue weighted by atomic mass is 9.83. The fraction of sp³-hybridized carbons (Fsp3) is 0.400. The number of carbonyl (C=O) groups excluding carboxylic acids is 1. The molecule has 0 aromatic carbocycles. The minimum atomic E-state index is -3.52. The Morgan fingerprint density at radius 2 is 2.15 bits per heavy atom. The number of carbonyl (C=O) groups is 2. The van der Waals surface area contributed by atoms with Crippen LogP contribution in [0, 0.1) is 5.92 Å². The smallest absolute Gasteiger partial charge is 0.352 e. The van der Waals surface area contributed by atoms with Gasteiger partial charge in [0.05, 0.1) is 23.8 Å². The number of aliphatic hydroxyl groups excluding tert-OH is 1. The number of hydrogen-bond donors (Lipinski definition) is 2. The molecule has 2 aliphatic heterocycles. The number of rotatable bonds is 4. The summed E-state index contributed by atoms with van der Waals surface area (Å²) in [4.78, 5) is 29.6. The lowest BCUT2D eigenvalue weighted by Gasteiger charge is -2.44. The third-order valence-electron chi connectivity index (χ3n) is 4.83. The number of nitrogens with zero attached hydrogens (tertiary/aromatic N) is 3. The van der Waals surface area contributed by atoms with Gasteiger partial charge in [0.2, 0.25) is 5.91 Å². The second-order valence-corrected chi connectivity index (χ2v) is 9.29. The summed E-state index contributed by atoms with van der Waals surface area (Å²) in [6.45, 7) is 1.51. The Kier molecular flexibility index (Phi) is 3.56. The van der Waals surface area contributed by atoms with Crippen molar-refractivity contribution in [3.63, 3.8) is 0 Å². The molecule has 1 saturated heterocycles. The second-order valence-electron chi connectivity index (χ2n) is 6.50. The highest BCUT2D eigenvalue weighted by Gasteiger charge is 2.57. The van der Waals surface area contributed by atoms with Crippen LogP contribution >= 0.6 is 11.3 Å². The minimum Gasteiger partial charge on any atom is -0.477 e. The quantitative estimate of drug-likeness (QED) is 0.705. The number of imidazole rings is 1. The number of hydrogen-bond acceptors (Lipinski definition) is 7. The van der Waals surface area contributed by atoms with Crippen LogP contribution in [-0.4, -0.2) is 63.2 Å². The highest BCUT2D eigenvalue weighted by Crippen LogP contribution is 2.47. The molecule has 0 radical (unpaired) electrons. The third kappa shape index (κ3) is 2.17. The zero-order valence-electron chi connectivity index (χ0n) is 13.8. The van der Waals surface area contributed by atoms with Gasteiger partial charge in [-0.3, -0.25) is 9.20 Å². The van der Waals surface area contributed by atoms with E-state index in [0.29, 0.717) is 16.1 Å². The van der Waals surface area contributed by atoms with Crippen molar-refractivity contribution in [2.24, 2.45) is 5.92 Å². The van der Waals surface area contributed by atoms with Gasteiger partial charge < -0.3 is 15.1 Å². The van der Waals surface area contributed by atoms with E-state index in [0.717, 1.165) is 17.6 Å². The standard InChI is InChI=1S/C15H15N3O6S2/c1-6(19)10-8-3-7(11(15(21)22)18(8)13(10)20)9-4-25-14-12(26(2,23)24)16-5-17(9)14/h4-6,8,10,19H,3H2,1-2H3,(H,21,22)/t6-,8-,10-/m1/s1. The molecule has 0 saturated carbocycles. The molecule has 0 spiro atoms. The first-order chi connectivity index (χ1) is 12.1. The minimum absolute atomic E-state index is 0.0644. The van der Waals surface area contributed by atoms with E-state index in [9.17, 15) is 28.2 Å². The molecule has 2 aliphatic rings. The molecular formula is C15H15N3O6S2. The summed E-state index contributed by atoms with van der Waals surface area (Å²) in [6, 6.07) is -0.406. The largest absolute Gasteiger partial charge is 0.477 e. The van der Waals surface area contributed by atoms with E-state index in [4.69, 9.17) is 0 Å². The maximum atomic E-state index is 12.3. The monoisotopic (exact) mass is 397 g/mol. The summed E-state index contributed by atoms with van der Waals surface area (Å²) < 4.78 is 25.2. The fourth-order valence-corrected chi connectivity index (χ4v) is 5.88. The molecule has 11 heteroatoms. The summed E-state index contributed by atoms with van der Waals surface area (Å²) in [5, 5.41) is 21.0. The molecule has 26 heavy (non-hydrogen) atoms. The first kappa shape index (κ1) is 17.2. The number of fused-ring (bicyclic) bond motifs is 2. The zero-order chi connectivity index (χ0) is 19.0. The number of thiazole rings is 1. The number of β-lactam (4-membered cyclic amide) rings is 1. The molecule has 3 atom stereocenters. The summed E-state index contributed by atoms with van der Waals surface area (Å²) in [5.41, 5.74) is 0.810. The normalized spacial score (nSPS) is 24.1. The van der Waals surface area contributed by atoms with Crippen LogP contribution in [0.3, 0.4) is 0 Å². The van der Waals surface area contributed by atoms with Gasteiger partial charge in [-0.25, -0.2) is 18.2 Å². The maximum Gasteiger partial charge on any atom is 0.352 e. The van der Waals surface area contributed by atoms with Crippen LogP contribution in [0.4, 0.5) is 0 Å². The van der Waals surface area contributed by atoms with Crippen molar-refractivity contribution < 1.29 is 28.2 Å². The van der Waals surface area contributed by atoms with E-state index in [1.807, 2.05) is 0 Å². The molecule has 2 N–H and O–H groups in total. The van der Waals surface area contributed by atoms with Gasteiger partial charge in [-0.1, -0.05) is 0 Å². The van der Waals surface area contributed by atoms with Crippen LogP contribution < -0.4 is 0 Å². The highest BCUT2D eigenvalue weighted by molar-refractivity contribution is 7.91. The molecule has 138 valence electrons. The summed E-state index contributed by atoms with van der Waals surface area (Å²) >= 11 is 1.15. The van der Waals surface area contributed by atoms with Crippen LogP contribution in [0.5, 0.6) is 0 Å². The van der Waals surface area contributed by atoms with Crippen LogP contribution in [0.25, 0.3) is 10.4 Å². The van der Waals surface area contributed by atoms with Crippen LogP contribution in [0.2, 0.25) is 0 Å². The summed E-state index contributed by atoms with van der Waals surface area (Å²) in [5.74, 6) is -2.28. The van der Waals surface area contributed by atoms with Crippen molar-refractivity contribution in [3.05, 3.63) is 23.1 Å². The van der Waals surface area contributed by atoms with E-state index >= 15 is 0 Å². The number of aliphatic carboxylic acids is 1. The van der Waals surface area contributed by atoms with Gasteiger partial charge in [0, 0.05) is 17.2 Å². The van der Waals surface area contributed by atoms with Gasteiger partial charge >= 0.3 is 5.97 Å².